The first-order valence-corrected chi connectivity index (χ1v) is 12.5. The molecule has 2 aliphatic rings. The molecule has 1 aliphatic heterocycles. The van der Waals surface area contributed by atoms with E-state index >= 15 is 0 Å². The van der Waals surface area contributed by atoms with Gasteiger partial charge in [0.1, 0.15) is 12.1 Å². The van der Waals surface area contributed by atoms with Crippen LogP contribution in [-0.2, 0) is 13.7 Å². The zero-order valence-electron chi connectivity index (χ0n) is 20.6. The van der Waals surface area contributed by atoms with E-state index in [9.17, 15) is 15.2 Å². The van der Waals surface area contributed by atoms with E-state index in [1.165, 1.54) is 0 Å². The van der Waals surface area contributed by atoms with Crippen molar-refractivity contribution in [2.24, 2.45) is 7.05 Å². The number of anilines is 2. The molecule has 1 fully saturated rings. The Kier molecular flexibility index (Phi) is 4.90. The topological polar surface area (TPSA) is 108 Å². The van der Waals surface area contributed by atoms with Gasteiger partial charge in [-0.05, 0) is 77.4 Å². The van der Waals surface area contributed by atoms with Crippen molar-refractivity contribution in [1.29, 1.82) is 5.26 Å². The average Bonchev–Trinajstić information content (AvgIpc) is 3.65. The number of nitrogens with zero attached hydrogens (tertiary/aromatic N) is 6. The lowest BCUT2D eigenvalue weighted by atomic mass is 9.96. The Hall–Kier alpha value is -4.87. The van der Waals surface area contributed by atoms with Crippen LogP contribution in [0.25, 0.3) is 33.3 Å². The van der Waals surface area contributed by atoms with Gasteiger partial charge in [-0.2, -0.15) is 5.26 Å². The number of aliphatic hydroxyl groups excluding tert-OH is 1. The van der Waals surface area contributed by atoms with Crippen molar-refractivity contribution in [1.82, 2.24) is 19.7 Å². The van der Waals surface area contributed by atoms with Crippen LogP contribution >= 0.6 is 0 Å². The van der Waals surface area contributed by atoms with E-state index in [4.69, 9.17) is 4.98 Å². The molecule has 1 aliphatic carbocycles. The normalized spacial score (nSPS) is 14.3. The number of carbonyl (C=O) groups excluding carboxylic acids is 1. The predicted octanol–water partition coefficient (Wildman–Crippen LogP) is 5.23. The molecule has 38 heavy (non-hydrogen) atoms. The minimum atomic E-state index is -0.161. The van der Waals surface area contributed by atoms with Crippen LogP contribution in [0.5, 0.6) is 0 Å². The summed E-state index contributed by atoms with van der Waals surface area (Å²) in [4.78, 5) is 20.5. The maximum Gasteiger partial charge on any atom is 0.264 e. The molecule has 184 valence electrons. The number of hydrogen-bond acceptors (Lipinski definition) is 6. The number of hydrogen-bond donors (Lipinski definition) is 1. The second-order valence-electron chi connectivity index (χ2n) is 9.87. The maximum absolute atomic E-state index is 13.8. The van der Waals surface area contributed by atoms with Crippen LogP contribution < -0.4 is 4.90 Å². The first-order valence-electron chi connectivity index (χ1n) is 12.5. The van der Waals surface area contributed by atoms with E-state index in [1.807, 2.05) is 54.1 Å². The van der Waals surface area contributed by atoms with Crippen molar-refractivity contribution in [3.05, 3.63) is 89.4 Å². The molecular weight excluding hydrogens is 476 g/mol. The predicted molar refractivity (Wildman–Crippen MR) is 143 cm³/mol. The van der Waals surface area contributed by atoms with E-state index < -0.39 is 0 Å². The van der Waals surface area contributed by atoms with Crippen LogP contribution in [0.4, 0.5) is 11.5 Å². The Morgan fingerprint density at radius 1 is 1.05 bits per heavy atom. The quantitative estimate of drug-likeness (QED) is 0.355. The molecule has 3 aromatic carbocycles. The largest absolute Gasteiger partial charge is 0.392 e. The molecule has 7 rings (SSSR count). The highest BCUT2D eigenvalue weighted by Gasteiger charge is 2.34. The summed E-state index contributed by atoms with van der Waals surface area (Å²) >= 11 is 0. The number of carbonyl (C=O) groups is 1. The van der Waals surface area contributed by atoms with Crippen molar-refractivity contribution in [2.45, 2.75) is 25.4 Å². The Labute approximate surface area is 218 Å². The summed E-state index contributed by atoms with van der Waals surface area (Å²) in [5, 5.41) is 29.5. The summed E-state index contributed by atoms with van der Waals surface area (Å²) in [7, 11) is 1.87. The third kappa shape index (κ3) is 3.40. The molecule has 0 atom stereocenters. The fraction of sp³-hybridized carbons (Fsp3) is 0.167. The molecule has 0 spiro atoms. The van der Waals surface area contributed by atoms with Crippen LogP contribution in [0, 0.1) is 11.3 Å². The lowest BCUT2D eigenvalue weighted by Gasteiger charge is -2.20. The molecule has 1 amide bonds. The number of rotatable bonds is 5. The fourth-order valence-electron chi connectivity index (χ4n) is 5.35. The minimum Gasteiger partial charge on any atom is -0.392 e. The van der Waals surface area contributed by atoms with Crippen molar-refractivity contribution in [3.63, 3.8) is 0 Å². The highest BCUT2D eigenvalue weighted by atomic mass is 16.3. The molecule has 1 N–H and O–H groups in total. The molecular formula is C30H22N6O2. The van der Waals surface area contributed by atoms with Gasteiger partial charge >= 0.3 is 0 Å². The van der Waals surface area contributed by atoms with Crippen LogP contribution in [-0.4, -0.2) is 30.8 Å². The van der Waals surface area contributed by atoms with E-state index in [0.717, 1.165) is 51.7 Å². The highest BCUT2D eigenvalue weighted by molar-refractivity contribution is 6.27. The summed E-state index contributed by atoms with van der Waals surface area (Å²) in [6, 6.07) is 21.3. The number of aliphatic hydroxyl groups is 1. The molecule has 0 unspecified atom stereocenters. The van der Waals surface area contributed by atoms with Gasteiger partial charge in [-0.15, -0.1) is 10.2 Å². The second-order valence-corrected chi connectivity index (χ2v) is 9.87. The second kappa shape index (κ2) is 8.33. The zero-order valence-corrected chi connectivity index (χ0v) is 20.6. The van der Waals surface area contributed by atoms with Gasteiger partial charge < -0.3 is 9.67 Å². The Morgan fingerprint density at radius 3 is 2.66 bits per heavy atom. The van der Waals surface area contributed by atoms with Gasteiger partial charge in [0.15, 0.2) is 5.82 Å². The molecule has 0 bridgehead atoms. The van der Waals surface area contributed by atoms with Crippen LogP contribution in [0.1, 0.15) is 45.9 Å². The van der Waals surface area contributed by atoms with Crippen LogP contribution in [0.3, 0.4) is 0 Å². The van der Waals surface area contributed by atoms with Crippen LogP contribution in [0.2, 0.25) is 0 Å². The molecule has 8 heteroatoms. The van der Waals surface area contributed by atoms with Gasteiger partial charge in [-0.25, -0.2) is 4.98 Å². The average molecular weight is 499 g/mol. The van der Waals surface area contributed by atoms with E-state index in [1.54, 1.807) is 23.4 Å². The van der Waals surface area contributed by atoms with Gasteiger partial charge in [0.25, 0.3) is 5.91 Å². The monoisotopic (exact) mass is 498 g/mol. The summed E-state index contributed by atoms with van der Waals surface area (Å²) in [5.41, 5.74) is 6.09. The highest BCUT2D eigenvalue weighted by Crippen LogP contribution is 2.46. The van der Waals surface area contributed by atoms with Crippen molar-refractivity contribution in [2.75, 3.05) is 4.90 Å². The Balaban J connectivity index is 1.44. The van der Waals surface area contributed by atoms with Gasteiger partial charge in [0.2, 0.25) is 0 Å². The van der Waals surface area contributed by atoms with Gasteiger partial charge in [0, 0.05) is 29.6 Å². The SMILES string of the molecule is Cn1cnnc1-c1cc(C#N)ccc1-c1cc(C2CC2)nc(N2C(=O)c3cc(CO)cc4cccc2c34)c1. The number of pyridine rings is 1. The first-order chi connectivity index (χ1) is 18.6. The number of amides is 1. The van der Waals surface area contributed by atoms with Gasteiger partial charge in [0.05, 0.1) is 29.5 Å². The first kappa shape index (κ1) is 22.3. The summed E-state index contributed by atoms with van der Waals surface area (Å²) in [6.07, 6.45) is 3.75. The van der Waals surface area contributed by atoms with Crippen LogP contribution in [0.15, 0.2) is 67.0 Å². The number of aromatic nitrogens is 4. The maximum atomic E-state index is 13.8. The van der Waals surface area contributed by atoms with Crippen molar-refractivity contribution < 1.29 is 9.90 Å². The summed E-state index contributed by atoms with van der Waals surface area (Å²) < 4.78 is 1.82. The summed E-state index contributed by atoms with van der Waals surface area (Å²) in [5.74, 6) is 1.39. The molecule has 8 nitrogen and oxygen atoms in total. The third-order valence-electron chi connectivity index (χ3n) is 7.34. The lowest BCUT2D eigenvalue weighted by molar-refractivity contribution is 0.100. The smallest absolute Gasteiger partial charge is 0.264 e. The molecule has 5 aromatic rings. The number of aryl methyl sites for hydroxylation is 1. The van der Waals surface area contributed by atoms with Crippen molar-refractivity contribution in [3.8, 4) is 28.6 Å². The van der Waals surface area contributed by atoms with Crippen molar-refractivity contribution >= 4 is 28.2 Å². The number of benzene rings is 3. The Bertz CT molecular complexity index is 1830. The van der Waals surface area contributed by atoms with E-state index in [-0.39, 0.29) is 12.5 Å². The molecule has 2 aromatic heterocycles. The molecule has 1 saturated carbocycles. The lowest BCUT2D eigenvalue weighted by Crippen LogP contribution is -2.22. The Morgan fingerprint density at radius 2 is 1.92 bits per heavy atom. The van der Waals surface area contributed by atoms with Gasteiger partial charge in [-0.3, -0.25) is 9.69 Å². The van der Waals surface area contributed by atoms with E-state index in [2.05, 4.69) is 22.3 Å². The number of nitriles is 1. The molecule has 0 saturated heterocycles. The molecule has 0 radical (unpaired) electrons. The third-order valence-corrected chi connectivity index (χ3v) is 7.34. The molecule has 3 heterocycles. The standard InChI is InChI=1S/C30H22N6O2/c1-35-16-32-34-29(35)23-10-17(14-31)5-8-22(23)21-12-25(19-6-7-19)33-27(13-21)36-26-4-2-3-20-9-18(15-37)11-24(28(20)26)30(36)38/h2-5,8-13,16,19,37H,6-7,15H2,1H3. The zero-order chi connectivity index (χ0) is 26.0. The van der Waals surface area contributed by atoms with E-state index in [0.29, 0.717) is 34.3 Å². The fourth-order valence-corrected chi connectivity index (χ4v) is 5.35. The minimum absolute atomic E-state index is 0.135. The summed E-state index contributed by atoms with van der Waals surface area (Å²) in [6.45, 7) is -0.135. The van der Waals surface area contributed by atoms with Gasteiger partial charge in [-0.1, -0.05) is 18.2 Å².